The number of ether oxygens (including phenoxy) is 4. The van der Waals surface area contributed by atoms with Crippen molar-refractivity contribution in [3.63, 3.8) is 0 Å². The Hall–Kier alpha value is -0.200. The molecule has 5 nitrogen and oxygen atoms in total. The minimum Gasteiger partial charge on any atom is -0.359 e. The van der Waals surface area contributed by atoms with Crippen molar-refractivity contribution >= 4 is 0 Å². The molecule has 5 heteroatoms. The van der Waals surface area contributed by atoms with Crippen molar-refractivity contribution in [1.29, 1.82) is 0 Å². The van der Waals surface area contributed by atoms with E-state index >= 15 is 0 Å². The van der Waals surface area contributed by atoms with E-state index in [1.54, 1.807) is 21.3 Å². The van der Waals surface area contributed by atoms with E-state index in [4.69, 9.17) is 18.9 Å². The lowest BCUT2D eigenvalue weighted by Gasteiger charge is -2.20. The van der Waals surface area contributed by atoms with Crippen LogP contribution >= 0.6 is 0 Å². The highest BCUT2D eigenvalue weighted by Gasteiger charge is 2.30. The molecule has 0 bridgehead atoms. The minimum atomic E-state index is -0.203. The molecule has 1 aliphatic heterocycles. The van der Waals surface area contributed by atoms with Gasteiger partial charge in [0.2, 0.25) is 0 Å². The Morgan fingerprint density at radius 1 is 1.29 bits per heavy atom. The van der Waals surface area contributed by atoms with Gasteiger partial charge in [0.15, 0.2) is 6.29 Å². The summed E-state index contributed by atoms with van der Waals surface area (Å²) < 4.78 is 20.6. The Bertz CT molecular complexity index is 152. The smallest absolute Gasteiger partial charge is 0.172 e. The predicted octanol–water partition coefficient (Wildman–Crippen LogP) is -0.0437. The van der Waals surface area contributed by atoms with Gasteiger partial charge in [-0.3, -0.25) is 0 Å². The molecule has 0 amide bonds. The molecule has 0 aromatic rings. The van der Waals surface area contributed by atoms with E-state index in [1.165, 1.54) is 0 Å². The van der Waals surface area contributed by atoms with Gasteiger partial charge >= 0.3 is 0 Å². The first-order chi connectivity index (χ1) is 6.81. The van der Waals surface area contributed by atoms with Crippen molar-refractivity contribution < 1.29 is 18.9 Å². The Kier molecular flexibility index (Phi) is 5.36. The van der Waals surface area contributed by atoms with Crippen molar-refractivity contribution in [2.45, 2.75) is 24.9 Å². The normalized spacial score (nSPS) is 27.4. The van der Waals surface area contributed by atoms with Crippen LogP contribution in [0.3, 0.4) is 0 Å². The van der Waals surface area contributed by atoms with Crippen LogP contribution in [-0.4, -0.2) is 53.1 Å². The quantitative estimate of drug-likeness (QED) is 0.616. The third kappa shape index (κ3) is 3.18. The fraction of sp³-hybridized carbons (Fsp3) is 1.00. The summed E-state index contributed by atoms with van der Waals surface area (Å²) in [5, 5.41) is 3.29. The summed E-state index contributed by atoms with van der Waals surface area (Å²) >= 11 is 0. The standard InChI is InChI=1S/C9H19NO4/c1-11-6-14-7-4-8(10-5-7)9(12-2)13-3/h7-10H,4-6H2,1-3H3. The fourth-order valence-electron chi connectivity index (χ4n) is 1.66. The molecule has 1 saturated heterocycles. The highest BCUT2D eigenvalue weighted by atomic mass is 16.7. The topological polar surface area (TPSA) is 49.0 Å². The number of methoxy groups -OCH3 is 3. The van der Waals surface area contributed by atoms with Gasteiger partial charge in [-0.1, -0.05) is 0 Å². The van der Waals surface area contributed by atoms with E-state index in [9.17, 15) is 0 Å². The second kappa shape index (κ2) is 6.31. The van der Waals surface area contributed by atoms with Gasteiger partial charge in [0.25, 0.3) is 0 Å². The number of nitrogens with one attached hydrogen (secondary N) is 1. The van der Waals surface area contributed by atoms with Crippen molar-refractivity contribution in [3.05, 3.63) is 0 Å². The van der Waals surface area contributed by atoms with Gasteiger partial charge in [0.05, 0.1) is 12.1 Å². The lowest BCUT2D eigenvalue weighted by molar-refractivity contribution is -0.123. The van der Waals surface area contributed by atoms with Crippen LogP contribution in [0.1, 0.15) is 6.42 Å². The van der Waals surface area contributed by atoms with Gasteiger partial charge < -0.3 is 24.3 Å². The molecule has 2 unspecified atom stereocenters. The summed E-state index contributed by atoms with van der Waals surface area (Å²) in [7, 11) is 4.89. The molecule has 0 aliphatic carbocycles. The number of hydrogen-bond acceptors (Lipinski definition) is 5. The molecule has 1 rings (SSSR count). The Morgan fingerprint density at radius 3 is 2.57 bits per heavy atom. The van der Waals surface area contributed by atoms with Gasteiger partial charge in [-0.25, -0.2) is 0 Å². The van der Waals surface area contributed by atoms with Crippen LogP contribution in [0.5, 0.6) is 0 Å². The summed E-state index contributed by atoms with van der Waals surface area (Å²) in [6.45, 7) is 1.15. The molecule has 1 aliphatic rings. The zero-order valence-electron chi connectivity index (χ0n) is 8.99. The van der Waals surface area contributed by atoms with Crippen LogP contribution in [0.2, 0.25) is 0 Å². The lowest BCUT2D eigenvalue weighted by atomic mass is 10.2. The summed E-state index contributed by atoms with van der Waals surface area (Å²) in [5.74, 6) is 0. The van der Waals surface area contributed by atoms with Crippen molar-refractivity contribution in [1.82, 2.24) is 5.32 Å². The molecule has 2 atom stereocenters. The fourth-order valence-corrected chi connectivity index (χ4v) is 1.66. The monoisotopic (exact) mass is 205 g/mol. The van der Waals surface area contributed by atoms with Crippen LogP contribution in [0.15, 0.2) is 0 Å². The zero-order chi connectivity index (χ0) is 10.4. The van der Waals surface area contributed by atoms with Gasteiger partial charge in [0, 0.05) is 27.9 Å². The van der Waals surface area contributed by atoms with Gasteiger partial charge in [-0.05, 0) is 6.42 Å². The Labute approximate surface area is 84.7 Å². The first-order valence-corrected chi connectivity index (χ1v) is 4.71. The second-order valence-electron chi connectivity index (χ2n) is 3.29. The second-order valence-corrected chi connectivity index (χ2v) is 3.29. The zero-order valence-corrected chi connectivity index (χ0v) is 8.99. The van der Waals surface area contributed by atoms with Crippen LogP contribution < -0.4 is 5.32 Å². The molecule has 0 saturated carbocycles. The molecule has 1 fully saturated rings. The van der Waals surface area contributed by atoms with Crippen molar-refractivity contribution in [2.24, 2.45) is 0 Å². The first kappa shape index (κ1) is 11.9. The first-order valence-electron chi connectivity index (χ1n) is 4.71. The van der Waals surface area contributed by atoms with Gasteiger partial charge in [-0.15, -0.1) is 0 Å². The van der Waals surface area contributed by atoms with E-state index in [0.717, 1.165) is 13.0 Å². The molecule has 0 radical (unpaired) electrons. The van der Waals surface area contributed by atoms with E-state index in [2.05, 4.69) is 5.32 Å². The Morgan fingerprint density at radius 2 is 2.00 bits per heavy atom. The average Bonchev–Trinajstić information content (AvgIpc) is 2.65. The molecule has 14 heavy (non-hydrogen) atoms. The van der Waals surface area contributed by atoms with E-state index in [1.807, 2.05) is 0 Å². The maximum atomic E-state index is 5.43. The van der Waals surface area contributed by atoms with E-state index in [-0.39, 0.29) is 18.4 Å². The van der Waals surface area contributed by atoms with Gasteiger partial charge in [-0.2, -0.15) is 0 Å². The summed E-state index contributed by atoms with van der Waals surface area (Å²) in [5.41, 5.74) is 0. The lowest BCUT2D eigenvalue weighted by Crippen LogP contribution is -2.37. The summed E-state index contributed by atoms with van der Waals surface area (Å²) in [4.78, 5) is 0. The SMILES string of the molecule is COCOC1CNC(C(OC)OC)C1. The number of rotatable bonds is 6. The van der Waals surface area contributed by atoms with Crippen LogP contribution in [-0.2, 0) is 18.9 Å². The van der Waals surface area contributed by atoms with Crippen molar-refractivity contribution in [3.8, 4) is 0 Å². The number of hydrogen-bond donors (Lipinski definition) is 1. The minimum absolute atomic E-state index is 0.188. The largest absolute Gasteiger partial charge is 0.359 e. The predicted molar refractivity (Wildman–Crippen MR) is 51.0 cm³/mol. The van der Waals surface area contributed by atoms with Crippen LogP contribution in [0, 0.1) is 0 Å². The van der Waals surface area contributed by atoms with Crippen LogP contribution in [0.4, 0.5) is 0 Å². The molecule has 0 aromatic heterocycles. The molecular weight excluding hydrogens is 186 g/mol. The molecule has 1 N–H and O–H groups in total. The third-order valence-corrected chi connectivity index (χ3v) is 2.34. The molecule has 0 aromatic carbocycles. The highest BCUT2D eigenvalue weighted by Crippen LogP contribution is 2.15. The molecular formula is C9H19NO4. The van der Waals surface area contributed by atoms with E-state index in [0.29, 0.717) is 6.79 Å². The Balaban J connectivity index is 2.25. The van der Waals surface area contributed by atoms with Crippen molar-refractivity contribution in [2.75, 3.05) is 34.7 Å². The summed E-state index contributed by atoms with van der Waals surface area (Å²) in [6.07, 6.45) is 0.870. The van der Waals surface area contributed by atoms with Crippen LogP contribution in [0.25, 0.3) is 0 Å². The maximum Gasteiger partial charge on any atom is 0.172 e. The molecule has 1 heterocycles. The highest BCUT2D eigenvalue weighted by molar-refractivity contribution is 4.84. The van der Waals surface area contributed by atoms with E-state index < -0.39 is 0 Å². The molecule has 0 spiro atoms. The average molecular weight is 205 g/mol. The third-order valence-electron chi connectivity index (χ3n) is 2.34. The summed E-state index contributed by atoms with van der Waals surface area (Å²) in [6, 6.07) is 0.201. The van der Waals surface area contributed by atoms with Gasteiger partial charge in [0.1, 0.15) is 6.79 Å². The molecule has 84 valence electrons. The maximum absolute atomic E-state index is 5.43.